The average Bonchev–Trinajstić information content (AvgIpc) is 3.22. The Morgan fingerprint density at radius 2 is 1.84 bits per heavy atom. The highest BCUT2D eigenvalue weighted by Crippen LogP contribution is 2.45. The Balaban J connectivity index is 1.60. The number of carbonyl (C=O) groups excluding carboxylic acids is 3. The summed E-state index contributed by atoms with van der Waals surface area (Å²) in [5, 5.41) is 2.89. The van der Waals surface area contributed by atoms with E-state index < -0.39 is 33.9 Å². The lowest BCUT2D eigenvalue weighted by molar-refractivity contribution is -0.129. The number of sulfone groups is 1. The monoisotopic (exact) mass is 476 g/mol. The first-order valence-corrected chi connectivity index (χ1v) is 12.3. The molecule has 1 saturated carbocycles. The predicted molar refractivity (Wildman–Crippen MR) is 119 cm³/mol. The number of hydrogen-bond donors (Lipinski definition) is 1. The minimum atomic E-state index is -3.56. The summed E-state index contributed by atoms with van der Waals surface area (Å²) in [4.78, 5) is 40.2. The van der Waals surface area contributed by atoms with Crippen molar-refractivity contribution < 1.29 is 27.5 Å². The third-order valence-corrected chi connectivity index (χ3v) is 7.28. The Labute approximate surface area is 190 Å². The molecule has 2 aliphatic rings. The van der Waals surface area contributed by atoms with Crippen molar-refractivity contribution in [2.75, 3.05) is 23.1 Å². The second-order valence-electron chi connectivity index (χ2n) is 7.93. The van der Waals surface area contributed by atoms with E-state index in [0.717, 1.165) is 25.2 Å². The second-order valence-corrected chi connectivity index (χ2v) is 10.4. The van der Waals surface area contributed by atoms with Crippen molar-refractivity contribution in [2.24, 2.45) is 0 Å². The van der Waals surface area contributed by atoms with Crippen LogP contribution in [0.3, 0.4) is 0 Å². The fourth-order valence-electron chi connectivity index (χ4n) is 4.29. The first kappa shape index (κ1) is 22.3. The van der Waals surface area contributed by atoms with Crippen LogP contribution in [0, 0.1) is 0 Å². The van der Waals surface area contributed by atoms with Gasteiger partial charge in [0, 0.05) is 6.26 Å². The molecular formula is C22H21ClN2O6S. The van der Waals surface area contributed by atoms with Crippen LogP contribution in [0.5, 0.6) is 0 Å². The van der Waals surface area contributed by atoms with Crippen LogP contribution in [-0.4, -0.2) is 44.6 Å². The third-order valence-electron chi connectivity index (χ3n) is 5.84. The number of esters is 1. The number of hydrogen-bond acceptors (Lipinski definition) is 6. The maximum absolute atomic E-state index is 13.3. The number of nitrogens with zero attached hydrogens (tertiary/aromatic N) is 1. The van der Waals surface area contributed by atoms with Gasteiger partial charge in [-0.15, -0.1) is 0 Å². The molecule has 8 nitrogen and oxygen atoms in total. The van der Waals surface area contributed by atoms with Crippen molar-refractivity contribution in [3.63, 3.8) is 0 Å². The molecule has 2 aromatic rings. The number of halogens is 1. The van der Waals surface area contributed by atoms with Crippen molar-refractivity contribution in [3.8, 4) is 0 Å². The van der Waals surface area contributed by atoms with Gasteiger partial charge in [0.1, 0.15) is 5.54 Å². The molecule has 2 aromatic carbocycles. The van der Waals surface area contributed by atoms with Crippen LogP contribution in [0.1, 0.15) is 36.0 Å². The third kappa shape index (κ3) is 3.86. The molecule has 1 aliphatic carbocycles. The first-order valence-electron chi connectivity index (χ1n) is 10.0. The summed E-state index contributed by atoms with van der Waals surface area (Å²) in [6.45, 7) is -0.623. The maximum atomic E-state index is 13.3. The summed E-state index contributed by atoms with van der Waals surface area (Å²) in [7, 11) is -3.56. The van der Waals surface area contributed by atoms with Gasteiger partial charge < -0.3 is 10.1 Å². The summed E-state index contributed by atoms with van der Waals surface area (Å²) in [5.74, 6) is -1.72. The van der Waals surface area contributed by atoms with Crippen LogP contribution in [-0.2, 0) is 24.2 Å². The number of rotatable bonds is 4. The summed E-state index contributed by atoms with van der Waals surface area (Å²) in [6, 6.07) is 10.7. The zero-order valence-electron chi connectivity index (χ0n) is 17.3. The lowest BCUT2D eigenvalue weighted by Gasteiger charge is -2.44. The number of ether oxygens (including phenoxy) is 1. The summed E-state index contributed by atoms with van der Waals surface area (Å²) >= 11 is 6.05. The van der Waals surface area contributed by atoms with Gasteiger partial charge in [-0.25, -0.2) is 13.2 Å². The SMILES string of the molecule is CS(=O)(=O)c1ccc(Cl)c(C(=O)OCC(=O)N2c3ccccc3NC(=O)C23CCCC3)c1. The topological polar surface area (TPSA) is 110 Å². The Kier molecular flexibility index (Phi) is 5.72. The van der Waals surface area contributed by atoms with Crippen molar-refractivity contribution in [3.05, 3.63) is 53.1 Å². The molecule has 32 heavy (non-hydrogen) atoms. The van der Waals surface area contributed by atoms with E-state index in [9.17, 15) is 22.8 Å². The lowest BCUT2D eigenvalue weighted by atomic mass is 9.90. The molecule has 2 amide bonds. The minimum Gasteiger partial charge on any atom is -0.452 e. The van der Waals surface area contributed by atoms with Gasteiger partial charge in [0.05, 0.1) is 26.9 Å². The number of carbonyl (C=O) groups is 3. The maximum Gasteiger partial charge on any atom is 0.340 e. The average molecular weight is 477 g/mol. The largest absolute Gasteiger partial charge is 0.452 e. The molecule has 4 rings (SSSR count). The van der Waals surface area contributed by atoms with Crippen molar-refractivity contribution >= 4 is 50.6 Å². The van der Waals surface area contributed by atoms with Crippen molar-refractivity contribution in [1.82, 2.24) is 0 Å². The van der Waals surface area contributed by atoms with E-state index in [-0.39, 0.29) is 21.4 Å². The number of fused-ring (bicyclic) bond motifs is 1. The van der Waals surface area contributed by atoms with E-state index in [2.05, 4.69) is 5.32 Å². The highest BCUT2D eigenvalue weighted by molar-refractivity contribution is 7.90. The van der Waals surface area contributed by atoms with E-state index in [0.29, 0.717) is 24.2 Å². The van der Waals surface area contributed by atoms with Gasteiger partial charge in [-0.05, 0) is 43.2 Å². The summed E-state index contributed by atoms with van der Waals surface area (Å²) in [5.41, 5.74) is -0.119. The molecule has 1 aliphatic heterocycles. The summed E-state index contributed by atoms with van der Waals surface area (Å²) < 4.78 is 28.8. The quantitative estimate of drug-likeness (QED) is 0.678. The normalized spacial score (nSPS) is 17.1. The molecule has 0 bridgehead atoms. The zero-order chi connectivity index (χ0) is 23.1. The molecule has 1 fully saturated rings. The van der Waals surface area contributed by atoms with Crippen LogP contribution in [0.4, 0.5) is 11.4 Å². The van der Waals surface area contributed by atoms with Crippen LogP contribution >= 0.6 is 11.6 Å². The number of benzene rings is 2. The fraction of sp³-hybridized carbons (Fsp3) is 0.318. The van der Waals surface area contributed by atoms with Crippen LogP contribution in [0.15, 0.2) is 47.4 Å². The molecule has 0 atom stereocenters. The number of nitrogens with one attached hydrogen (secondary N) is 1. The molecule has 0 saturated heterocycles. The zero-order valence-corrected chi connectivity index (χ0v) is 18.8. The molecule has 0 radical (unpaired) electrons. The Morgan fingerprint density at radius 3 is 2.53 bits per heavy atom. The molecule has 1 N–H and O–H groups in total. The second kappa shape index (κ2) is 8.22. The highest BCUT2D eigenvalue weighted by atomic mass is 35.5. The van der Waals surface area contributed by atoms with E-state index in [4.69, 9.17) is 16.3 Å². The predicted octanol–water partition coefficient (Wildman–Crippen LogP) is 3.20. The van der Waals surface area contributed by atoms with Gasteiger partial charge in [0.15, 0.2) is 16.4 Å². The van der Waals surface area contributed by atoms with Crippen molar-refractivity contribution in [1.29, 1.82) is 0 Å². The Hall–Kier alpha value is -2.91. The lowest BCUT2D eigenvalue weighted by Crippen LogP contribution is -2.61. The summed E-state index contributed by atoms with van der Waals surface area (Å²) in [6.07, 6.45) is 3.62. The van der Waals surface area contributed by atoms with E-state index in [1.54, 1.807) is 24.3 Å². The van der Waals surface area contributed by atoms with Crippen LogP contribution in [0.25, 0.3) is 0 Å². The molecule has 1 heterocycles. The molecular weight excluding hydrogens is 456 g/mol. The Bertz CT molecular complexity index is 1220. The van der Waals surface area contributed by atoms with Gasteiger partial charge >= 0.3 is 5.97 Å². The standard InChI is InChI=1S/C22H21ClN2O6S/c1-32(29,30)14-8-9-16(23)15(12-14)20(27)31-13-19(26)25-18-7-3-2-6-17(18)24-21(28)22(25)10-4-5-11-22/h2-3,6-9,12H,4-5,10-11,13H2,1H3,(H,24,28). The molecule has 10 heteroatoms. The van der Waals surface area contributed by atoms with E-state index >= 15 is 0 Å². The van der Waals surface area contributed by atoms with E-state index in [1.165, 1.54) is 17.0 Å². The van der Waals surface area contributed by atoms with Crippen LogP contribution < -0.4 is 10.2 Å². The Morgan fingerprint density at radius 1 is 1.16 bits per heavy atom. The van der Waals surface area contributed by atoms with E-state index in [1.807, 2.05) is 0 Å². The number of anilines is 2. The molecule has 168 valence electrons. The van der Waals surface area contributed by atoms with Gasteiger partial charge in [-0.3, -0.25) is 14.5 Å². The van der Waals surface area contributed by atoms with Crippen LogP contribution in [0.2, 0.25) is 5.02 Å². The molecule has 0 aromatic heterocycles. The van der Waals surface area contributed by atoms with Gasteiger partial charge in [0.25, 0.3) is 11.8 Å². The first-order chi connectivity index (χ1) is 15.1. The van der Waals surface area contributed by atoms with Gasteiger partial charge in [-0.1, -0.05) is 36.6 Å². The molecule has 0 unspecified atom stereocenters. The minimum absolute atomic E-state index is 0.00445. The highest BCUT2D eigenvalue weighted by Gasteiger charge is 2.52. The smallest absolute Gasteiger partial charge is 0.340 e. The van der Waals surface area contributed by atoms with Crippen molar-refractivity contribution in [2.45, 2.75) is 36.1 Å². The molecule has 1 spiro atoms. The van der Waals surface area contributed by atoms with Gasteiger partial charge in [0.2, 0.25) is 0 Å². The number of amides is 2. The fourth-order valence-corrected chi connectivity index (χ4v) is 5.13. The van der Waals surface area contributed by atoms with Gasteiger partial charge in [-0.2, -0.15) is 0 Å². The number of para-hydroxylation sites is 2.